The smallest absolute Gasteiger partial charge is 0.338 e. The van der Waals surface area contributed by atoms with Crippen molar-refractivity contribution in [2.45, 2.75) is 33.7 Å². The zero-order valence-electron chi connectivity index (χ0n) is 21.6. The number of nitrogens with zero attached hydrogens (tertiary/aromatic N) is 2. The molecule has 0 saturated heterocycles. The van der Waals surface area contributed by atoms with Crippen molar-refractivity contribution in [1.82, 2.24) is 4.57 Å². The Hall–Kier alpha value is -4.24. The van der Waals surface area contributed by atoms with Crippen LogP contribution in [0.25, 0.3) is 12.2 Å². The molecule has 0 amide bonds. The number of hydrogen-bond acceptors (Lipinski definition) is 8. The van der Waals surface area contributed by atoms with E-state index in [9.17, 15) is 14.4 Å². The van der Waals surface area contributed by atoms with Gasteiger partial charge in [-0.3, -0.25) is 14.2 Å². The zero-order valence-corrected chi connectivity index (χ0v) is 22.4. The third-order valence-corrected chi connectivity index (χ3v) is 6.69. The van der Waals surface area contributed by atoms with Gasteiger partial charge >= 0.3 is 11.9 Å². The van der Waals surface area contributed by atoms with E-state index in [1.54, 1.807) is 38.1 Å². The summed E-state index contributed by atoms with van der Waals surface area (Å²) in [6.07, 6.45) is 5.47. The van der Waals surface area contributed by atoms with Crippen LogP contribution in [0.5, 0.6) is 11.5 Å². The van der Waals surface area contributed by atoms with E-state index in [0.717, 1.165) is 5.56 Å². The van der Waals surface area contributed by atoms with Crippen LogP contribution in [0, 0.1) is 0 Å². The first-order valence-electron chi connectivity index (χ1n) is 12.2. The molecule has 0 bridgehead atoms. The Morgan fingerprint density at radius 3 is 2.53 bits per heavy atom. The molecule has 0 spiro atoms. The lowest BCUT2D eigenvalue weighted by Gasteiger charge is -2.25. The molecule has 1 aromatic heterocycles. The zero-order chi connectivity index (χ0) is 27.2. The van der Waals surface area contributed by atoms with E-state index < -0.39 is 18.0 Å². The molecule has 38 heavy (non-hydrogen) atoms. The van der Waals surface area contributed by atoms with Crippen LogP contribution in [0.2, 0.25) is 0 Å². The molecule has 1 unspecified atom stereocenters. The Morgan fingerprint density at radius 2 is 1.84 bits per heavy atom. The lowest BCUT2D eigenvalue weighted by Crippen LogP contribution is -2.39. The first-order valence-corrected chi connectivity index (χ1v) is 13.0. The SMILES string of the molecule is CCOC(=O)C1=C(C)N=c2s/c(=C/C=C/c3ccccc3)c(=O)n2C1c1ccc(OC(C)=O)c(OCC)c1. The second kappa shape index (κ2) is 11.9. The van der Waals surface area contributed by atoms with Gasteiger partial charge in [-0.25, -0.2) is 9.79 Å². The summed E-state index contributed by atoms with van der Waals surface area (Å²) in [5.41, 5.74) is 2.03. The van der Waals surface area contributed by atoms with Crippen molar-refractivity contribution in [3.05, 3.63) is 96.7 Å². The van der Waals surface area contributed by atoms with E-state index in [2.05, 4.69) is 4.99 Å². The third-order valence-electron chi connectivity index (χ3n) is 5.69. The lowest BCUT2D eigenvalue weighted by atomic mass is 9.95. The van der Waals surface area contributed by atoms with E-state index in [0.29, 0.717) is 33.0 Å². The number of aromatic nitrogens is 1. The quantitative estimate of drug-likeness (QED) is 0.324. The molecule has 2 heterocycles. The average molecular weight is 533 g/mol. The van der Waals surface area contributed by atoms with Crippen LogP contribution in [-0.2, 0) is 14.3 Å². The van der Waals surface area contributed by atoms with Crippen LogP contribution in [-0.4, -0.2) is 29.7 Å². The van der Waals surface area contributed by atoms with E-state index in [1.165, 1.54) is 22.8 Å². The maximum Gasteiger partial charge on any atom is 0.338 e. The fourth-order valence-corrected chi connectivity index (χ4v) is 5.13. The summed E-state index contributed by atoms with van der Waals surface area (Å²) in [7, 11) is 0. The topological polar surface area (TPSA) is 96.2 Å². The number of hydrogen-bond donors (Lipinski definition) is 0. The van der Waals surface area contributed by atoms with E-state index in [4.69, 9.17) is 14.2 Å². The Kier molecular flexibility index (Phi) is 8.38. The van der Waals surface area contributed by atoms with Crippen molar-refractivity contribution < 1.29 is 23.8 Å². The molecule has 9 heteroatoms. The van der Waals surface area contributed by atoms with Crippen LogP contribution in [0.4, 0.5) is 0 Å². The van der Waals surface area contributed by atoms with Gasteiger partial charge in [0.15, 0.2) is 16.3 Å². The third kappa shape index (κ3) is 5.68. The van der Waals surface area contributed by atoms with Gasteiger partial charge in [-0.05, 0) is 50.1 Å². The number of fused-ring (bicyclic) bond motifs is 1. The summed E-state index contributed by atoms with van der Waals surface area (Å²) in [6, 6.07) is 13.9. The van der Waals surface area contributed by atoms with Crippen molar-refractivity contribution in [3.8, 4) is 11.5 Å². The molecule has 0 aliphatic carbocycles. The van der Waals surface area contributed by atoms with Gasteiger partial charge in [-0.1, -0.05) is 59.9 Å². The van der Waals surface area contributed by atoms with Crippen molar-refractivity contribution in [1.29, 1.82) is 0 Å². The molecular formula is C29H28N2O6S. The highest BCUT2D eigenvalue weighted by molar-refractivity contribution is 7.07. The highest BCUT2D eigenvalue weighted by atomic mass is 32.1. The first-order chi connectivity index (χ1) is 18.3. The van der Waals surface area contributed by atoms with Gasteiger partial charge in [-0.15, -0.1) is 0 Å². The summed E-state index contributed by atoms with van der Waals surface area (Å²) in [4.78, 5) is 43.4. The van der Waals surface area contributed by atoms with E-state index in [-0.39, 0.29) is 23.5 Å². The van der Waals surface area contributed by atoms with Gasteiger partial charge in [-0.2, -0.15) is 0 Å². The van der Waals surface area contributed by atoms with Gasteiger partial charge in [0, 0.05) is 6.92 Å². The standard InChI is InChI=1S/C29H28N2O6S/c1-5-35-23-17-21(15-16-22(23)37-19(4)32)26-25(28(34)36-6-2)18(3)30-29-31(26)27(33)24(38-29)14-10-13-20-11-8-7-9-12-20/h7-17,26H,5-6H2,1-4H3/b13-10+,24-14+. The van der Waals surface area contributed by atoms with Gasteiger partial charge in [0.2, 0.25) is 0 Å². The monoisotopic (exact) mass is 532 g/mol. The molecule has 0 radical (unpaired) electrons. The largest absolute Gasteiger partial charge is 0.490 e. The average Bonchev–Trinajstić information content (AvgIpc) is 3.19. The molecule has 1 atom stereocenters. The Bertz CT molecular complexity index is 1600. The Balaban J connectivity index is 1.88. The van der Waals surface area contributed by atoms with Gasteiger partial charge in [0.25, 0.3) is 5.56 Å². The molecule has 8 nitrogen and oxygen atoms in total. The minimum atomic E-state index is -0.809. The number of ether oxygens (including phenoxy) is 3. The Labute approximate surface area is 223 Å². The highest BCUT2D eigenvalue weighted by Gasteiger charge is 2.34. The van der Waals surface area contributed by atoms with E-state index in [1.807, 2.05) is 49.4 Å². The molecule has 0 fully saturated rings. The fourth-order valence-electron chi connectivity index (χ4n) is 4.13. The number of carbonyl (C=O) groups excluding carboxylic acids is 2. The molecule has 3 aromatic rings. The predicted molar refractivity (Wildman–Crippen MR) is 146 cm³/mol. The van der Waals surface area contributed by atoms with Crippen molar-refractivity contribution in [2.24, 2.45) is 4.99 Å². The summed E-state index contributed by atoms with van der Waals surface area (Å²) in [6.45, 7) is 7.06. The normalized spacial score (nSPS) is 15.3. The van der Waals surface area contributed by atoms with Crippen LogP contribution < -0.4 is 24.4 Å². The van der Waals surface area contributed by atoms with E-state index >= 15 is 0 Å². The minimum absolute atomic E-state index is 0.173. The maximum atomic E-state index is 13.7. The fraction of sp³-hybridized carbons (Fsp3) is 0.241. The number of esters is 2. The summed E-state index contributed by atoms with van der Waals surface area (Å²) in [5, 5.41) is 0. The first kappa shape index (κ1) is 26.8. The van der Waals surface area contributed by atoms with Crippen LogP contribution >= 0.6 is 11.3 Å². The van der Waals surface area contributed by atoms with Crippen molar-refractivity contribution in [3.63, 3.8) is 0 Å². The predicted octanol–water partition coefficient (Wildman–Crippen LogP) is 3.79. The molecular weight excluding hydrogens is 504 g/mol. The molecule has 1 aliphatic rings. The van der Waals surface area contributed by atoms with Gasteiger partial charge in [0.05, 0.1) is 35.1 Å². The van der Waals surface area contributed by atoms with Gasteiger partial charge < -0.3 is 14.2 Å². The Morgan fingerprint density at radius 1 is 1.08 bits per heavy atom. The molecule has 0 saturated carbocycles. The summed E-state index contributed by atoms with van der Waals surface area (Å²) in [5.74, 6) is -0.469. The molecule has 2 aromatic carbocycles. The van der Waals surface area contributed by atoms with Crippen molar-refractivity contribution >= 4 is 35.4 Å². The number of benzene rings is 2. The number of rotatable bonds is 8. The lowest BCUT2D eigenvalue weighted by molar-refractivity contribution is -0.139. The second-order valence-electron chi connectivity index (χ2n) is 8.33. The molecule has 196 valence electrons. The summed E-state index contributed by atoms with van der Waals surface area (Å²) >= 11 is 1.24. The molecule has 1 aliphatic heterocycles. The van der Waals surface area contributed by atoms with Gasteiger partial charge in [0.1, 0.15) is 0 Å². The van der Waals surface area contributed by atoms with Crippen LogP contribution in [0.1, 0.15) is 44.9 Å². The maximum absolute atomic E-state index is 13.7. The molecule has 0 N–H and O–H groups in total. The summed E-state index contributed by atoms with van der Waals surface area (Å²) < 4.78 is 18.3. The number of thiazole rings is 1. The second-order valence-corrected chi connectivity index (χ2v) is 9.34. The minimum Gasteiger partial charge on any atom is -0.490 e. The number of carbonyl (C=O) groups is 2. The van der Waals surface area contributed by atoms with Crippen LogP contribution in [0.3, 0.4) is 0 Å². The van der Waals surface area contributed by atoms with Crippen LogP contribution in [0.15, 0.2) is 75.7 Å². The molecule has 4 rings (SSSR count). The van der Waals surface area contributed by atoms with Crippen molar-refractivity contribution in [2.75, 3.05) is 13.2 Å². The highest BCUT2D eigenvalue weighted by Crippen LogP contribution is 2.36. The number of allylic oxidation sites excluding steroid dienone is 2.